The summed E-state index contributed by atoms with van der Waals surface area (Å²) >= 11 is 1.77. The van der Waals surface area contributed by atoms with Crippen molar-refractivity contribution in [1.29, 1.82) is 0 Å². The van der Waals surface area contributed by atoms with Gasteiger partial charge in [-0.1, -0.05) is 38.1 Å². The summed E-state index contributed by atoms with van der Waals surface area (Å²) in [5.41, 5.74) is -0.203. The molecule has 0 bridgehead atoms. The summed E-state index contributed by atoms with van der Waals surface area (Å²) in [6.07, 6.45) is 0. The molecular weight excluding hydrogens is 303 g/mol. The van der Waals surface area contributed by atoms with Crippen LogP contribution in [0.4, 0.5) is 0 Å². The fourth-order valence-electron chi connectivity index (χ4n) is 2.92. The zero-order valence-electron chi connectivity index (χ0n) is 14.1. The Kier molecular flexibility index (Phi) is 3.35. The van der Waals surface area contributed by atoms with E-state index in [1.165, 1.54) is 20.9 Å². The summed E-state index contributed by atoms with van der Waals surface area (Å²) in [6, 6.07) is 15.2. The fraction of sp³-hybridized carbons (Fsp3) is 0.368. The summed E-state index contributed by atoms with van der Waals surface area (Å²) in [7, 11) is -0.265. The zero-order chi connectivity index (χ0) is 16.2. The lowest BCUT2D eigenvalue weighted by molar-refractivity contribution is -0.0935. The Balaban J connectivity index is 1.73. The summed E-state index contributed by atoms with van der Waals surface area (Å²) in [5.74, 6) is 0. The molecule has 23 heavy (non-hydrogen) atoms. The van der Waals surface area contributed by atoms with Gasteiger partial charge in [0.2, 0.25) is 0 Å². The first-order valence-electron chi connectivity index (χ1n) is 8.07. The summed E-state index contributed by atoms with van der Waals surface area (Å²) < 4.78 is 14.8. The van der Waals surface area contributed by atoms with E-state index < -0.39 is 0 Å². The molecule has 1 fully saturated rings. The summed E-state index contributed by atoms with van der Waals surface area (Å²) in [5, 5.41) is 3.81. The Labute approximate surface area is 141 Å². The maximum atomic E-state index is 6.29. The van der Waals surface area contributed by atoms with Crippen molar-refractivity contribution in [3.63, 3.8) is 0 Å². The molecule has 118 valence electrons. The largest absolute Gasteiger partial charge is 0.504 e. The molecule has 1 aliphatic rings. The molecule has 0 radical (unpaired) electrons. The van der Waals surface area contributed by atoms with E-state index in [0.29, 0.717) is 6.61 Å². The highest BCUT2D eigenvalue weighted by Crippen LogP contribution is 2.38. The molecule has 2 aromatic carbocycles. The standard InChI is InChI=1S/C19H21BO2S/c1-18(2)12-21-20(22-19(18,3)4)17-11-15-9-13-7-5-6-8-14(13)10-16(15)23-17/h5-11H,12H2,1-4H3. The normalized spacial score (nSPS) is 20.3. The van der Waals surface area contributed by atoms with Crippen molar-refractivity contribution in [2.24, 2.45) is 5.41 Å². The Morgan fingerprint density at radius 2 is 1.65 bits per heavy atom. The first-order chi connectivity index (χ1) is 10.9. The van der Waals surface area contributed by atoms with E-state index in [9.17, 15) is 0 Å². The van der Waals surface area contributed by atoms with Crippen LogP contribution >= 0.6 is 11.3 Å². The molecule has 0 aliphatic carbocycles. The number of hydrogen-bond acceptors (Lipinski definition) is 3. The van der Waals surface area contributed by atoms with Gasteiger partial charge < -0.3 is 9.31 Å². The molecule has 0 N–H and O–H groups in total. The number of hydrogen-bond donors (Lipinski definition) is 0. The third-order valence-corrected chi connectivity index (χ3v) is 6.38. The molecule has 3 aromatic rings. The number of fused-ring (bicyclic) bond motifs is 2. The molecule has 1 aliphatic heterocycles. The average Bonchev–Trinajstić information content (AvgIpc) is 2.90. The molecule has 4 heteroatoms. The maximum absolute atomic E-state index is 6.29. The van der Waals surface area contributed by atoms with Crippen LogP contribution in [0.5, 0.6) is 0 Å². The van der Waals surface area contributed by atoms with Crippen LogP contribution in [-0.2, 0) is 9.31 Å². The van der Waals surface area contributed by atoms with E-state index in [1.54, 1.807) is 11.3 Å². The molecule has 4 rings (SSSR count). The number of rotatable bonds is 1. The molecular formula is C19H21BO2S. The molecule has 1 saturated heterocycles. The Morgan fingerprint density at radius 3 is 2.35 bits per heavy atom. The molecule has 0 spiro atoms. The van der Waals surface area contributed by atoms with Gasteiger partial charge in [0.1, 0.15) is 0 Å². The zero-order valence-corrected chi connectivity index (χ0v) is 14.9. The first-order valence-corrected chi connectivity index (χ1v) is 8.89. The van der Waals surface area contributed by atoms with E-state index in [-0.39, 0.29) is 18.1 Å². The van der Waals surface area contributed by atoms with E-state index in [4.69, 9.17) is 9.31 Å². The van der Waals surface area contributed by atoms with Crippen molar-refractivity contribution < 1.29 is 9.31 Å². The molecule has 0 amide bonds. The lowest BCUT2D eigenvalue weighted by atomic mass is 9.71. The highest BCUT2D eigenvalue weighted by molar-refractivity contribution is 7.28. The predicted octanol–water partition coefficient (Wildman–Crippen LogP) is 4.60. The molecule has 1 aromatic heterocycles. The Morgan fingerprint density at radius 1 is 0.957 bits per heavy atom. The highest BCUT2D eigenvalue weighted by atomic mass is 32.1. The molecule has 0 unspecified atom stereocenters. The quantitative estimate of drug-likeness (QED) is 0.609. The van der Waals surface area contributed by atoms with E-state index in [2.05, 4.69) is 70.2 Å². The van der Waals surface area contributed by atoms with Crippen LogP contribution in [0, 0.1) is 5.41 Å². The summed E-state index contributed by atoms with van der Waals surface area (Å²) in [6.45, 7) is 9.41. The van der Waals surface area contributed by atoms with Crippen molar-refractivity contribution in [3.8, 4) is 0 Å². The predicted molar refractivity (Wildman–Crippen MR) is 99.6 cm³/mol. The average molecular weight is 324 g/mol. The molecule has 0 saturated carbocycles. The third-order valence-electron chi connectivity index (χ3n) is 5.26. The monoisotopic (exact) mass is 324 g/mol. The fourth-order valence-corrected chi connectivity index (χ4v) is 4.00. The van der Waals surface area contributed by atoms with Gasteiger partial charge in [-0.3, -0.25) is 0 Å². The van der Waals surface area contributed by atoms with Crippen LogP contribution in [0.1, 0.15) is 27.7 Å². The lowest BCUT2D eigenvalue weighted by Gasteiger charge is -2.47. The second-order valence-corrected chi connectivity index (χ2v) is 8.66. The highest BCUT2D eigenvalue weighted by Gasteiger charge is 2.47. The lowest BCUT2D eigenvalue weighted by Crippen LogP contribution is -2.57. The van der Waals surface area contributed by atoms with Gasteiger partial charge >= 0.3 is 7.12 Å². The van der Waals surface area contributed by atoms with E-state index in [0.717, 1.165) is 4.78 Å². The van der Waals surface area contributed by atoms with Gasteiger partial charge in [0.15, 0.2) is 0 Å². The van der Waals surface area contributed by atoms with Crippen LogP contribution in [0.15, 0.2) is 42.5 Å². The van der Waals surface area contributed by atoms with Gasteiger partial charge in [0, 0.05) is 21.5 Å². The smallest absolute Gasteiger partial charge is 0.406 e. The van der Waals surface area contributed by atoms with E-state index >= 15 is 0 Å². The Hall–Kier alpha value is -1.36. The van der Waals surface area contributed by atoms with Gasteiger partial charge in [0.25, 0.3) is 0 Å². The second kappa shape index (κ2) is 5.07. The van der Waals surface area contributed by atoms with Crippen LogP contribution < -0.4 is 4.78 Å². The Bertz CT molecular complexity index is 829. The minimum atomic E-state index is -0.265. The maximum Gasteiger partial charge on any atom is 0.504 e. The SMILES string of the molecule is CC1(C)COB(c2cc3cc4ccccc4cc3s2)OC1(C)C. The first kappa shape index (κ1) is 15.2. The van der Waals surface area contributed by atoms with Crippen LogP contribution in [0.2, 0.25) is 0 Å². The van der Waals surface area contributed by atoms with Gasteiger partial charge in [-0.15, -0.1) is 11.3 Å². The van der Waals surface area contributed by atoms with Gasteiger partial charge in [-0.25, -0.2) is 0 Å². The van der Waals surface area contributed by atoms with Gasteiger partial charge in [-0.05, 0) is 48.2 Å². The van der Waals surface area contributed by atoms with Crippen LogP contribution in [0.3, 0.4) is 0 Å². The summed E-state index contributed by atoms with van der Waals surface area (Å²) in [4.78, 5) is 0. The minimum Gasteiger partial charge on any atom is -0.406 e. The van der Waals surface area contributed by atoms with Crippen molar-refractivity contribution in [2.75, 3.05) is 6.61 Å². The van der Waals surface area contributed by atoms with Crippen LogP contribution in [-0.4, -0.2) is 19.3 Å². The van der Waals surface area contributed by atoms with Crippen molar-refractivity contribution in [3.05, 3.63) is 42.5 Å². The minimum absolute atomic E-state index is 0.00879. The number of thiophene rings is 1. The molecule has 2 nitrogen and oxygen atoms in total. The van der Waals surface area contributed by atoms with Crippen LogP contribution in [0.25, 0.3) is 20.9 Å². The van der Waals surface area contributed by atoms with E-state index in [1.807, 2.05) is 0 Å². The van der Waals surface area contributed by atoms with Crippen molar-refractivity contribution in [1.82, 2.24) is 0 Å². The van der Waals surface area contributed by atoms with Crippen molar-refractivity contribution in [2.45, 2.75) is 33.3 Å². The molecule has 0 atom stereocenters. The van der Waals surface area contributed by atoms with Crippen molar-refractivity contribution >= 4 is 44.1 Å². The van der Waals surface area contributed by atoms with Gasteiger partial charge in [-0.2, -0.15) is 0 Å². The number of benzene rings is 2. The van der Waals surface area contributed by atoms with Gasteiger partial charge in [0.05, 0.1) is 5.60 Å². The topological polar surface area (TPSA) is 18.5 Å². The third kappa shape index (κ3) is 2.49. The second-order valence-electron chi connectivity index (χ2n) is 7.54. The molecule has 2 heterocycles.